The maximum atomic E-state index is 11.9. The highest BCUT2D eigenvalue weighted by atomic mass is 16.1. The fourth-order valence-electron chi connectivity index (χ4n) is 3.32. The minimum absolute atomic E-state index is 0.176. The van der Waals surface area contributed by atoms with E-state index in [4.69, 9.17) is 0 Å². The van der Waals surface area contributed by atoms with Gasteiger partial charge in [0.05, 0.1) is 6.54 Å². The Bertz CT molecular complexity index is 269. The van der Waals surface area contributed by atoms with E-state index in [1.54, 1.807) is 0 Å². The van der Waals surface area contributed by atoms with Gasteiger partial charge in [0, 0.05) is 19.1 Å². The Morgan fingerprint density at radius 1 is 0.950 bits per heavy atom. The van der Waals surface area contributed by atoms with Gasteiger partial charge in [-0.15, -0.1) is 0 Å². The van der Waals surface area contributed by atoms with Crippen molar-refractivity contribution in [2.45, 2.75) is 63.8 Å². The molecule has 1 saturated heterocycles. The lowest BCUT2D eigenvalue weighted by Gasteiger charge is -2.26. The van der Waals surface area contributed by atoms with Gasteiger partial charge in [0.15, 0.2) is 0 Å². The molecule has 20 heavy (non-hydrogen) atoms. The van der Waals surface area contributed by atoms with Crippen LogP contribution in [0.1, 0.15) is 57.8 Å². The number of hydrogen-bond acceptors (Lipinski definition) is 3. The second kappa shape index (κ2) is 9.35. The summed E-state index contributed by atoms with van der Waals surface area (Å²) in [5.74, 6) is 0.176. The van der Waals surface area contributed by atoms with E-state index in [2.05, 4.69) is 15.5 Å². The Morgan fingerprint density at radius 2 is 1.60 bits per heavy atom. The van der Waals surface area contributed by atoms with Crippen LogP contribution >= 0.6 is 0 Å². The van der Waals surface area contributed by atoms with Crippen LogP contribution in [0.15, 0.2) is 0 Å². The van der Waals surface area contributed by atoms with Crippen molar-refractivity contribution in [1.82, 2.24) is 15.5 Å². The molecular weight excluding hydrogens is 250 g/mol. The first-order valence-electron chi connectivity index (χ1n) is 8.57. The molecular formula is C16H31N3O. The number of likely N-dealkylation sites (tertiary alicyclic amines) is 1. The van der Waals surface area contributed by atoms with E-state index in [0.29, 0.717) is 12.6 Å². The quantitative estimate of drug-likeness (QED) is 0.577. The molecule has 1 saturated carbocycles. The third-order valence-corrected chi connectivity index (χ3v) is 4.56. The molecule has 2 N–H and O–H groups in total. The Kier molecular flexibility index (Phi) is 7.37. The molecule has 2 fully saturated rings. The Hall–Kier alpha value is -0.610. The zero-order valence-corrected chi connectivity index (χ0v) is 12.8. The zero-order chi connectivity index (χ0) is 14.0. The summed E-state index contributed by atoms with van der Waals surface area (Å²) in [6.07, 6.45) is 11.6. The first kappa shape index (κ1) is 15.8. The van der Waals surface area contributed by atoms with Gasteiger partial charge in [0.25, 0.3) is 0 Å². The molecule has 0 spiro atoms. The number of piperidine rings is 1. The Balaban J connectivity index is 1.50. The lowest BCUT2D eigenvalue weighted by atomic mass is 10.1. The maximum absolute atomic E-state index is 11.9. The monoisotopic (exact) mass is 281 g/mol. The average molecular weight is 281 g/mol. The lowest BCUT2D eigenvalue weighted by Crippen LogP contribution is -2.42. The predicted molar refractivity (Wildman–Crippen MR) is 82.8 cm³/mol. The highest BCUT2D eigenvalue weighted by Gasteiger charge is 2.14. The summed E-state index contributed by atoms with van der Waals surface area (Å²) in [5.41, 5.74) is 0. The summed E-state index contributed by atoms with van der Waals surface area (Å²) in [5, 5.41) is 6.47. The summed E-state index contributed by atoms with van der Waals surface area (Å²) in [4.78, 5) is 14.4. The fraction of sp³-hybridized carbons (Fsp3) is 0.938. The van der Waals surface area contributed by atoms with E-state index in [9.17, 15) is 4.79 Å². The molecule has 0 aromatic heterocycles. The number of rotatable bonds is 6. The van der Waals surface area contributed by atoms with E-state index in [0.717, 1.165) is 13.1 Å². The summed E-state index contributed by atoms with van der Waals surface area (Å²) in [6, 6.07) is 0.425. The number of hydrogen-bond donors (Lipinski definition) is 2. The molecule has 0 unspecified atom stereocenters. The van der Waals surface area contributed by atoms with Crippen molar-refractivity contribution in [2.24, 2.45) is 0 Å². The smallest absolute Gasteiger partial charge is 0.234 e. The van der Waals surface area contributed by atoms with Gasteiger partial charge in [-0.1, -0.05) is 32.1 Å². The highest BCUT2D eigenvalue weighted by molar-refractivity contribution is 5.78. The molecule has 1 amide bonds. The van der Waals surface area contributed by atoms with Crippen LogP contribution in [0.5, 0.6) is 0 Å². The highest BCUT2D eigenvalue weighted by Crippen LogP contribution is 2.16. The van der Waals surface area contributed by atoms with E-state index in [1.807, 2.05) is 0 Å². The molecule has 1 aliphatic carbocycles. The number of nitrogens with zero attached hydrogens (tertiary/aromatic N) is 1. The van der Waals surface area contributed by atoms with Gasteiger partial charge in [-0.2, -0.15) is 0 Å². The molecule has 2 rings (SSSR count). The minimum Gasteiger partial charge on any atom is -0.352 e. The van der Waals surface area contributed by atoms with Gasteiger partial charge in [0.2, 0.25) is 5.91 Å². The molecule has 4 heteroatoms. The van der Waals surface area contributed by atoms with Crippen LogP contribution in [0.2, 0.25) is 0 Å². The van der Waals surface area contributed by atoms with Crippen molar-refractivity contribution in [3.8, 4) is 0 Å². The van der Waals surface area contributed by atoms with Crippen LogP contribution in [0, 0.1) is 0 Å². The van der Waals surface area contributed by atoms with Gasteiger partial charge in [-0.3, -0.25) is 4.79 Å². The molecule has 2 aliphatic rings. The summed E-state index contributed by atoms with van der Waals surface area (Å²) < 4.78 is 0. The van der Waals surface area contributed by atoms with Gasteiger partial charge >= 0.3 is 0 Å². The number of carbonyl (C=O) groups excluding carboxylic acids is 1. The van der Waals surface area contributed by atoms with Crippen LogP contribution in [0.25, 0.3) is 0 Å². The number of nitrogens with one attached hydrogen (secondary N) is 2. The molecule has 1 heterocycles. The second-order valence-electron chi connectivity index (χ2n) is 6.34. The zero-order valence-electron chi connectivity index (χ0n) is 12.8. The Labute approximate surface area is 123 Å². The third kappa shape index (κ3) is 6.23. The summed E-state index contributed by atoms with van der Waals surface area (Å²) in [6.45, 7) is 4.95. The van der Waals surface area contributed by atoms with Gasteiger partial charge < -0.3 is 15.5 Å². The van der Waals surface area contributed by atoms with Crippen LogP contribution in [-0.4, -0.2) is 49.6 Å². The normalized spacial score (nSPS) is 22.4. The molecule has 4 nitrogen and oxygen atoms in total. The summed E-state index contributed by atoms with van der Waals surface area (Å²) >= 11 is 0. The maximum Gasteiger partial charge on any atom is 0.234 e. The van der Waals surface area contributed by atoms with E-state index in [1.165, 1.54) is 70.9 Å². The van der Waals surface area contributed by atoms with Crippen molar-refractivity contribution in [2.75, 3.05) is 32.7 Å². The van der Waals surface area contributed by atoms with Crippen LogP contribution < -0.4 is 10.6 Å². The molecule has 0 radical (unpaired) electrons. The van der Waals surface area contributed by atoms with Crippen LogP contribution in [0.3, 0.4) is 0 Å². The minimum atomic E-state index is 0.176. The third-order valence-electron chi connectivity index (χ3n) is 4.56. The van der Waals surface area contributed by atoms with Crippen molar-refractivity contribution in [3.63, 3.8) is 0 Å². The average Bonchev–Trinajstić information content (AvgIpc) is 2.73. The van der Waals surface area contributed by atoms with Gasteiger partial charge in [0.1, 0.15) is 0 Å². The largest absolute Gasteiger partial charge is 0.352 e. The molecule has 0 aromatic carbocycles. The first-order chi connectivity index (χ1) is 9.84. The molecule has 116 valence electrons. The standard InChI is InChI=1S/C16H31N3O/c20-16(18-15-8-4-1-2-5-9-15)14-17-10-13-19-11-6-3-7-12-19/h15,17H,1-14H2,(H,18,20). The van der Waals surface area contributed by atoms with Crippen molar-refractivity contribution in [1.29, 1.82) is 0 Å². The lowest BCUT2D eigenvalue weighted by molar-refractivity contribution is -0.121. The summed E-state index contributed by atoms with van der Waals surface area (Å²) in [7, 11) is 0. The van der Waals surface area contributed by atoms with Crippen LogP contribution in [-0.2, 0) is 4.79 Å². The fourth-order valence-corrected chi connectivity index (χ4v) is 3.32. The van der Waals surface area contributed by atoms with Crippen molar-refractivity contribution < 1.29 is 4.79 Å². The van der Waals surface area contributed by atoms with E-state index in [-0.39, 0.29) is 5.91 Å². The topological polar surface area (TPSA) is 44.4 Å². The van der Waals surface area contributed by atoms with Crippen molar-refractivity contribution >= 4 is 5.91 Å². The SMILES string of the molecule is O=C(CNCCN1CCCCC1)NC1CCCCCC1. The van der Waals surface area contributed by atoms with Gasteiger partial charge in [-0.25, -0.2) is 0 Å². The van der Waals surface area contributed by atoms with E-state index >= 15 is 0 Å². The molecule has 0 aromatic rings. The molecule has 0 bridgehead atoms. The Morgan fingerprint density at radius 3 is 2.30 bits per heavy atom. The molecule has 0 atom stereocenters. The van der Waals surface area contributed by atoms with Crippen LogP contribution in [0.4, 0.5) is 0 Å². The second-order valence-corrected chi connectivity index (χ2v) is 6.34. The van der Waals surface area contributed by atoms with Gasteiger partial charge in [-0.05, 0) is 38.8 Å². The van der Waals surface area contributed by atoms with Crippen molar-refractivity contribution in [3.05, 3.63) is 0 Å². The predicted octanol–water partition coefficient (Wildman–Crippen LogP) is 1.90. The number of carbonyl (C=O) groups is 1. The molecule has 1 aliphatic heterocycles. The van der Waals surface area contributed by atoms with E-state index < -0.39 is 0 Å². The number of amides is 1. The first-order valence-corrected chi connectivity index (χ1v) is 8.57.